The minimum Gasteiger partial charge on any atom is -0.480 e. The van der Waals surface area contributed by atoms with Crippen LogP contribution >= 0.6 is 34.0 Å². The fraction of sp³-hybridized carbons (Fsp3) is 0.154. The van der Waals surface area contributed by atoms with Gasteiger partial charge in [-0.05, 0) is 0 Å². The van der Waals surface area contributed by atoms with Crippen LogP contribution in [0.4, 0.5) is 0 Å². The Hall–Kier alpha value is -2.19. The van der Waals surface area contributed by atoms with Crippen LogP contribution in [0, 0.1) is 11.3 Å². The Kier molecular flexibility index (Phi) is 4.44. The van der Waals surface area contributed by atoms with Crippen molar-refractivity contribution >= 4 is 40.0 Å². The summed E-state index contributed by atoms with van der Waals surface area (Å²) < 4.78 is 0. The second-order valence-electron chi connectivity index (χ2n) is 4.46. The number of rotatable bonds is 5. The van der Waals surface area contributed by atoms with E-state index in [1.54, 1.807) is 5.38 Å². The molecule has 0 aliphatic rings. The van der Waals surface area contributed by atoms with Gasteiger partial charge in [0.15, 0.2) is 5.69 Å². The highest BCUT2D eigenvalue weighted by Gasteiger charge is 2.17. The first-order valence-electron chi connectivity index (χ1n) is 6.31. The third-order valence-electron chi connectivity index (χ3n) is 2.82. The van der Waals surface area contributed by atoms with E-state index in [4.69, 9.17) is 16.1 Å². The molecule has 0 aliphatic carbocycles. The van der Waals surface area contributed by atoms with Crippen LogP contribution in [0.3, 0.4) is 0 Å². The van der Waals surface area contributed by atoms with Gasteiger partial charge in [0.2, 0.25) is 0 Å². The number of carbonyl (C=O) groups is 1. The second-order valence-corrected chi connectivity index (χ2v) is 7.12. The standard InChI is InChI=1S/C13H9N5O2S3/c14-2-6-3-22-11(16-6)9-5-23-12(18-9)8-4-21-10(17-8)1-7(15)13(19)20/h3-5,7H,1,15H2,(H,19,20)/t7-/m0/s1. The average molecular weight is 363 g/mol. The molecule has 0 radical (unpaired) electrons. The molecule has 0 spiro atoms. The van der Waals surface area contributed by atoms with Gasteiger partial charge in [0.25, 0.3) is 0 Å². The maximum absolute atomic E-state index is 10.8. The van der Waals surface area contributed by atoms with Gasteiger partial charge in [-0.1, -0.05) is 0 Å². The Morgan fingerprint density at radius 1 is 1.17 bits per heavy atom. The van der Waals surface area contributed by atoms with E-state index in [0.717, 1.165) is 5.01 Å². The fourth-order valence-electron chi connectivity index (χ4n) is 1.71. The number of hydrogen-bond donors (Lipinski definition) is 2. The summed E-state index contributed by atoms with van der Waals surface area (Å²) in [5, 5.41) is 25.1. The first-order chi connectivity index (χ1) is 11.1. The highest BCUT2D eigenvalue weighted by atomic mass is 32.1. The van der Waals surface area contributed by atoms with Crippen molar-refractivity contribution in [2.75, 3.05) is 0 Å². The normalized spacial score (nSPS) is 12.0. The summed E-state index contributed by atoms with van der Waals surface area (Å²) in [4.78, 5) is 23.8. The van der Waals surface area contributed by atoms with Crippen LogP contribution < -0.4 is 5.73 Å². The molecule has 10 heteroatoms. The molecule has 0 aliphatic heterocycles. The summed E-state index contributed by atoms with van der Waals surface area (Å²) in [6.07, 6.45) is 0.191. The Morgan fingerprint density at radius 3 is 2.52 bits per heavy atom. The fourth-order valence-corrected chi connectivity index (χ4v) is 4.17. The van der Waals surface area contributed by atoms with Gasteiger partial charge in [0, 0.05) is 22.6 Å². The summed E-state index contributed by atoms with van der Waals surface area (Å²) in [5.74, 6) is -1.05. The molecule has 3 aromatic rings. The van der Waals surface area contributed by atoms with Gasteiger partial charge in [-0.3, -0.25) is 4.79 Å². The van der Waals surface area contributed by atoms with Crippen LogP contribution in [0.15, 0.2) is 16.1 Å². The van der Waals surface area contributed by atoms with Crippen LogP contribution in [0.2, 0.25) is 0 Å². The average Bonchev–Trinajstić information content (AvgIpc) is 3.26. The van der Waals surface area contributed by atoms with Crippen molar-refractivity contribution in [3.8, 4) is 27.5 Å². The smallest absolute Gasteiger partial charge is 0.320 e. The van der Waals surface area contributed by atoms with Gasteiger partial charge in [0.05, 0.1) is 5.01 Å². The SMILES string of the molecule is N#Cc1csc(-c2csc(-c3csc(C[C@H](N)C(=O)O)n3)n2)n1. The second kappa shape index (κ2) is 6.51. The minimum atomic E-state index is -1.05. The number of nitriles is 1. The zero-order chi connectivity index (χ0) is 16.4. The quantitative estimate of drug-likeness (QED) is 0.711. The van der Waals surface area contributed by atoms with Gasteiger partial charge in [-0.15, -0.1) is 34.0 Å². The number of thiazole rings is 3. The Balaban J connectivity index is 1.79. The Labute approximate surface area is 142 Å². The maximum Gasteiger partial charge on any atom is 0.320 e. The first-order valence-corrected chi connectivity index (χ1v) is 8.95. The lowest BCUT2D eigenvalue weighted by Crippen LogP contribution is -2.32. The van der Waals surface area contributed by atoms with E-state index < -0.39 is 12.0 Å². The Bertz CT molecular complexity index is 891. The number of nitrogens with two attached hydrogens (primary N) is 1. The van der Waals surface area contributed by atoms with E-state index in [1.165, 1.54) is 34.0 Å². The van der Waals surface area contributed by atoms with Crippen molar-refractivity contribution in [2.45, 2.75) is 12.5 Å². The van der Waals surface area contributed by atoms with Crippen molar-refractivity contribution in [1.82, 2.24) is 15.0 Å². The molecule has 3 aromatic heterocycles. The topological polar surface area (TPSA) is 126 Å². The molecular weight excluding hydrogens is 354 g/mol. The molecule has 23 heavy (non-hydrogen) atoms. The number of aliphatic carboxylic acids is 1. The number of carboxylic acid groups (broad SMARTS) is 1. The highest BCUT2D eigenvalue weighted by Crippen LogP contribution is 2.31. The summed E-state index contributed by atoms with van der Waals surface area (Å²) in [7, 11) is 0. The molecular formula is C13H9N5O2S3. The summed E-state index contributed by atoms with van der Waals surface area (Å²) in [6.45, 7) is 0. The molecule has 0 unspecified atom stereocenters. The Morgan fingerprint density at radius 2 is 1.83 bits per heavy atom. The lowest BCUT2D eigenvalue weighted by molar-refractivity contribution is -0.138. The monoisotopic (exact) mass is 363 g/mol. The molecule has 0 fully saturated rings. The van der Waals surface area contributed by atoms with E-state index in [-0.39, 0.29) is 6.42 Å². The molecule has 0 amide bonds. The molecule has 0 saturated carbocycles. The van der Waals surface area contributed by atoms with E-state index in [0.29, 0.717) is 27.1 Å². The van der Waals surface area contributed by atoms with Crippen LogP contribution in [0.1, 0.15) is 10.7 Å². The molecule has 116 valence electrons. The minimum absolute atomic E-state index is 0.191. The summed E-state index contributed by atoms with van der Waals surface area (Å²) >= 11 is 4.14. The van der Waals surface area contributed by atoms with Gasteiger partial charge in [-0.2, -0.15) is 5.26 Å². The highest BCUT2D eigenvalue weighted by molar-refractivity contribution is 7.16. The van der Waals surface area contributed by atoms with E-state index in [9.17, 15) is 4.79 Å². The van der Waals surface area contributed by atoms with Gasteiger partial charge < -0.3 is 10.8 Å². The summed E-state index contributed by atoms with van der Waals surface area (Å²) in [6, 6.07) is 1.03. The third kappa shape index (κ3) is 3.43. The number of aromatic nitrogens is 3. The van der Waals surface area contributed by atoms with Crippen molar-refractivity contribution in [3.63, 3.8) is 0 Å². The van der Waals surface area contributed by atoms with Crippen molar-refractivity contribution in [3.05, 3.63) is 26.8 Å². The molecule has 0 bridgehead atoms. The van der Waals surface area contributed by atoms with E-state index in [1.807, 2.05) is 16.8 Å². The molecule has 1 atom stereocenters. The predicted octanol–water partition coefficient (Wildman–Crippen LogP) is 2.22. The zero-order valence-corrected chi connectivity index (χ0v) is 13.9. The number of nitrogens with zero attached hydrogens (tertiary/aromatic N) is 4. The molecule has 0 aromatic carbocycles. The van der Waals surface area contributed by atoms with Crippen molar-refractivity contribution in [2.24, 2.45) is 5.73 Å². The van der Waals surface area contributed by atoms with Crippen molar-refractivity contribution in [1.29, 1.82) is 5.26 Å². The van der Waals surface area contributed by atoms with Gasteiger partial charge >= 0.3 is 5.97 Å². The van der Waals surface area contributed by atoms with Crippen LogP contribution in [-0.2, 0) is 11.2 Å². The maximum atomic E-state index is 10.8. The van der Waals surface area contributed by atoms with Crippen LogP contribution in [-0.4, -0.2) is 32.1 Å². The number of carboxylic acids is 1. The van der Waals surface area contributed by atoms with Gasteiger partial charge in [0.1, 0.15) is 33.5 Å². The van der Waals surface area contributed by atoms with Crippen molar-refractivity contribution < 1.29 is 9.90 Å². The van der Waals surface area contributed by atoms with Crippen LogP contribution in [0.5, 0.6) is 0 Å². The number of hydrogen-bond acceptors (Lipinski definition) is 9. The lowest BCUT2D eigenvalue weighted by Gasteiger charge is -2.01. The first kappa shape index (κ1) is 15.7. The predicted molar refractivity (Wildman–Crippen MR) is 88.4 cm³/mol. The lowest BCUT2D eigenvalue weighted by atomic mass is 10.2. The summed E-state index contributed by atoms with van der Waals surface area (Å²) in [5.41, 5.74) is 7.28. The van der Waals surface area contributed by atoms with Gasteiger partial charge in [-0.25, -0.2) is 15.0 Å². The molecule has 3 N–H and O–H groups in total. The molecule has 3 rings (SSSR count). The van der Waals surface area contributed by atoms with E-state index >= 15 is 0 Å². The molecule has 3 heterocycles. The molecule has 0 saturated heterocycles. The van der Waals surface area contributed by atoms with E-state index in [2.05, 4.69) is 15.0 Å². The molecule has 7 nitrogen and oxygen atoms in total. The largest absolute Gasteiger partial charge is 0.480 e. The third-order valence-corrected chi connectivity index (χ3v) is 5.43. The zero-order valence-electron chi connectivity index (χ0n) is 11.5. The van der Waals surface area contributed by atoms with Crippen LogP contribution in [0.25, 0.3) is 21.4 Å².